The van der Waals surface area contributed by atoms with Gasteiger partial charge in [0.1, 0.15) is 5.54 Å². The van der Waals surface area contributed by atoms with Crippen LogP contribution in [0.3, 0.4) is 0 Å². The van der Waals surface area contributed by atoms with Gasteiger partial charge in [0.15, 0.2) is 9.84 Å². The van der Waals surface area contributed by atoms with E-state index < -0.39 is 35.2 Å². The minimum absolute atomic E-state index is 0.0595. The molecule has 0 aromatic heterocycles. The highest BCUT2D eigenvalue weighted by atomic mass is 32.2. The number of hydrogen-bond acceptors (Lipinski definition) is 6. The molecule has 0 unspecified atom stereocenters. The Morgan fingerprint density at radius 2 is 1.63 bits per heavy atom. The van der Waals surface area contributed by atoms with E-state index in [1.165, 1.54) is 19.1 Å². The Bertz CT molecular complexity index is 502. The predicted molar refractivity (Wildman–Crippen MR) is 71.8 cm³/mol. The summed E-state index contributed by atoms with van der Waals surface area (Å²) in [5.74, 6) is -0.0595. The van der Waals surface area contributed by atoms with Crippen LogP contribution in [-0.2, 0) is 9.84 Å². The van der Waals surface area contributed by atoms with Crippen LogP contribution in [-0.4, -0.2) is 54.8 Å². The maximum Gasteiger partial charge on any atom is 0.180 e. The van der Waals surface area contributed by atoms with Crippen molar-refractivity contribution in [2.45, 2.75) is 17.4 Å². The van der Waals surface area contributed by atoms with E-state index in [-0.39, 0.29) is 16.3 Å². The first-order valence-corrected chi connectivity index (χ1v) is 7.52. The molecule has 0 aliphatic rings. The molecule has 1 aromatic rings. The highest BCUT2D eigenvalue weighted by Crippen LogP contribution is 2.25. The van der Waals surface area contributed by atoms with Gasteiger partial charge in [-0.3, -0.25) is 0 Å². The summed E-state index contributed by atoms with van der Waals surface area (Å²) >= 11 is 0. The molecule has 1 rings (SSSR count). The number of aliphatic hydroxyl groups excluding tert-OH is 3. The molecule has 4 N–H and O–H groups in total. The third-order valence-corrected chi connectivity index (χ3v) is 4.70. The summed E-state index contributed by atoms with van der Waals surface area (Å²) in [6.45, 7) is -0.0506. The van der Waals surface area contributed by atoms with E-state index in [1.807, 2.05) is 0 Å². The summed E-state index contributed by atoms with van der Waals surface area (Å²) in [4.78, 5) is 0.0808. The average Bonchev–Trinajstić information content (AvgIpc) is 2.45. The second-order valence-corrected chi connectivity index (χ2v) is 6.53. The molecule has 0 spiro atoms. The maximum absolute atomic E-state index is 11.9. The fourth-order valence-corrected chi connectivity index (χ4v) is 2.60. The zero-order valence-corrected chi connectivity index (χ0v) is 11.5. The van der Waals surface area contributed by atoms with Gasteiger partial charge in [-0.15, -0.1) is 0 Å². The van der Waals surface area contributed by atoms with Crippen molar-refractivity contribution in [2.24, 2.45) is 0 Å². The Morgan fingerprint density at radius 3 is 2.11 bits per heavy atom. The molecule has 0 atom stereocenters. The van der Waals surface area contributed by atoms with Gasteiger partial charge in [-0.05, 0) is 12.1 Å². The minimum Gasteiger partial charge on any atom is -0.394 e. The molecular weight excluding hydrogens is 270 g/mol. The SMILES string of the molecule is CCS(=O)(=O)c1ccccc1NC(CO)(CO)CO. The number of para-hydroxylation sites is 1. The van der Waals surface area contributed by atoms with Gasteiger partial charge in [-0.2, -0.15) is 0 Å². The van der Waals surface area contributed by atoms with Crippen molar-refractivity contribution in [3.05, 3.63) is 24.3 Å². The number of rotatable bonds is 7. The Labute approximate surface area is 112 Å². The smallest absolute Gasteiger partial charge is 0.180 e. The number of hydrogen-bond donors (Lipinski definition) is 4. The Morgan fingerprint density at radius 1 is 1.11 bits per heavy atom. The molecule has 1 aromatic carbocycles. The Hall–Kier alpha value is -1.15. The quantitative estimate of drug-likeness (QED) is 0.544. The molecule has 0 saturated heterocycles. The summed E-state index contributed by atoms with van der Waals surface area (Å²) in [5.41, 5.74) is -1.11. The normalized spacial score (nSPS) is 12.4. The second-order valence-electron chi connectivity index (χ2n) is 4.28. The van der Waals surface area contributed by atoms with Crippen LogP contribution in [0.15, 0.2) is 29.2 Å². The highest BCUT2D eigenvalue weighted by Gasteiger charge is 2.29. The number of nitrogens with one attached hydrogen (secondary N) is 1. The van der Waals surface area contributed by atoms with Gasteiger partial charge in [-0.25, -0.2) is 8.42 Å². The third-order valence-electron chi connectivity index (χ3n) is 2.91. The third kappa shape index (κ3) is 3.44. The molecular formula is C12H19NO5S. The lowest BCUT2D eigenvalue weighted by Crippen LogP contribution is -2.49. The van der Waals surface area contributed by atoms with Crippen molar-refractivity contribution in [3.8, 4) is 0 Å². The standard InChI is InChI=1S/C12H19NO5S/c1-2-19(17,18)11-6-4-3-5-10(11)13-12(7-14,8-15)9-16/h3-6,13-16H,2,7-9H2,1H3. The van der Waals surface area contributed by atoms with Gasteiger partial charge in [0.25, 0.3) is 0 Å². The van der Waals surface area contributed by atoms with Crippen molar-refractivity contribution in [2.75, 3.05) is 30.9 Å². The zero-order valence-electron chi connectivity index (χ0n) is 10.7. The summed E-state index contributed by atoms with van der Waals surface area (Å²) in [6, 6.07) is 6.19. The number of sulfone groups is 1. The lowest BCUT2D eigenvalue weighted by atomic mass is 10.0. The molecule has 0 heterocycles. The molecule has 19 heavy (non-hydrogen) atoms. The molecule has 0 radical (unpaired) electrons. The van der Waals surface area contributed by atoms with E-state index in [1.54, 1.807) is 12.1 Å². The monoisotopic (exact) mass is 289 g/mol. The lowest BCUT2D eigenvalue weighted by molar-refractivity contribution is 0.0832. The van der Waals surface area contributed by atoms with E-state index >= 15 is 0 Å². The van der Waals surface area contributed by atoms with Gasteiger partial charge in [0, 0.05) is 0 Å². The fourth-order valence-electron chi connectivity index (χ4n) is 1.55. The van der Waals surface area contributed by atoms with Crippen LogP contribution in [0.1, 0.15) is 6.92 Å². The molecule has 6 nitrogen and oxygen atoms in total. The largest absolute Gasteiger partial charge is 0.394 e. The van der Waals surface area contributed by atoms with E-state index in [2.05, 4.69) is 5.32 Å². The van der Waals surface area contributed by atoms with Crippen molar-refractivity contribution in [3.63, 3.8) is 0 Å². The minimum atomic E-state index is -3.43. The van der Waals surface area contributed by atoms with Crippen molar-refractivity contribution in [1.29, 1.82) is 0 Å². The zero-order chi connectivity index (χ0) is 14.5. The second kappa shape index (κ2) is 6.33. The molecule has 0 fully saturated rings. The molecule has 7 heteroatoms. The summed E-state index contributed by atoms with van der Waals surface area (Å²) in [6.07, 6.45) is 0. The first-order chi connectivity index (χ1) is 8.94. The summed E-state index contributed by atoms with van der Waals surface area (Å²) < 4.78 is 23.9. The molecule has 0 aliphatic carbocycles. The summed E-state index contributed by atoms with van der Waals surface area (Å²) in [5, 5.41) is 30.5. The highest BCUT2D eigenvalue weighted by molar-refractivity contribution is 7.91. The topological polar surface area (TPSA) is 107 Å². The summed E-state index contributed by atoms with van der Waals surface area (Å²) in [7, 11) is -3.43. The van der Waals surface area contributed by atoms with Crippen LogP contribution >= 0.6 is 0 Å². The Balaban J connectivity index is 3.22. The van der Waals surface area contributed by atoms with Crippen LogP contribution in [0, 0.1) is 0 Å². The van der Waals surface area contributed by atoms with Gasteiger partial charge in [0.2, 0.25) is 0 Å². The number of aliphatic hydroxyl groups is 3. The Kier molecular flexibility index (Phi) is 5.30. The predicted octanol–water partition coefficient (Wildman–Crippen LogP) is -0.392. The van der Waals surface area contributed by atoms with Gasteiger partial charge in [0.05, 0.1) is 36.2 Å². The van der Waals surface area contributed by atoms with E-state index in [4.69, 9.17) is 0 Å². The van der Waals surface area contributed by atoms with Crippen LogP contribution < -0.4 is 5.32 Å². The molecule has 0 saturated carbocycles. The molecule has 0 aliphatic heterocycles. The van der Waals surface area contributed by atoms with Crippen molar-refractivity contribution >= 4 is 15.5 Å². The first-order valence-electron chi connectivity index (χ1n) is 5.87. The van der Waals surface area contributed by atoms with Crippen molar-refractivity contribution in [1.82, 2.24) is 0 Å². The van der Waals surface area contributed by atoms with Crippen molar-refractivity contribution < 1.29 is 23.7 Å². The van der Waals surface area contributed by atoms with Gasteiger partial charge < -0.3 is 20.6 Å². The lowest BCUT2D eigenvalue weighted by Gasteiger charge is -2.30. The van der Waals surface area contributed by atoms with Crippen LogP contribution in [0.5, 0.6) is 0 Å². The van der Waals surface area contributed by atoms with Crippen LogP contribution in [0.25, 0.3) is 0 Å². The molecule has 108 valence electrons. The van der Waals surface area contributed by atoms with Crippen LogP contribution in [0.4, 0.5) is 5.69 Å². The number of benzene rings is 1. The fraction of sp³-hybridized carbons (Fsp3) is 0.500. The molecule has 0 amide bonds. The maximum atomic E-state index is 11.9. The van der Waals surface area contributed by atoms with Gasteiger partial charge in [-0.1, -0.05) is 19.1 Å². The van der Waals surface area contributed by atoms with E-state index in [9.17, 15) is 23.7 Å². The van der Waals surface area contributed by atoms with Crippen LogP contribution in [0.2, 0.25) is 0 Å². The van der Waals surface area contributed by atoms with Gasteiger partial charge >= 0.3 is 0 Å². The van der Waals surface area contributed by atoms with E-state index in [0.717, 1.165) is 0 Å². The first kappa shape index (κ1) is 15.9. The van der Waals surface area contributed by atoms with E-state index in [0.29, 0.717) is 0 Å². The number of anilines is 1. The molecule has 0 bridgehead atoms. The average molecular weight is 289 g/mol.